The third kappa shape index (κ3) is 3.48. The summed E-state index contributed by atoms with van der Waals surface area (Å²) in [5, 5.41) is 11.7. The van der Waals surface area contributed by atoms with Crippen LogP contribution in [0.5, 0.6) is 5.75 Å². The maximum atomic E-state index is 13.7. The lowest BCUT2D eigenvalue weighted by atomic mass is 10.1. The van der Waals surface area contributed by atoms with Crippen LogP contribution in [0.15, 0.2) is 30.3 Å². The van der Waals surface area contributed by atoms with Gasteiger partial charge in [0.05, 0.1) is 5.56 Å². The molecule has 2 amide bonds. The number of carbonyl (C=O) groups is 2. The Bertz CT molecular complexity index is 799. The zero-order valence-electron chi connectivity index (χ0n) is 12.7. The molecule has 0 saturated carbocycles. The van der Waals surface area contributed by atoms with Gasteiger partial charge in [-0.25, -0.2) is 13.2 Å². The van der Waals surface area contributed by atoms with Gasteiger partial charge in [-0.05, 0) is 18.2 Å². The van der Waals surface area contributed by atoms with Crippen molar-refractivity contribution in [2.45, 2.75) is 0 Å². The van der Waals surface area contributed by atoms with Crippen molar-refractivity contribution in [1.82, 2.24) is 4.90 Å². The molecule has 8 heteroatoms. The molecule has 24 heavy (non-hydrogen) atoms. The molecule has 0 aliphatic carbocycles. The Morgan fingerprint density at radius 1 is 1.04 bits per heavy atom. The molecule has 0 unspecified atom stereocenters. The number of amides is 2. The van der Waals surface area contributed by atoms with E-state index in [-0.39, 0.29) is 11.3 Å². The third-order valence-corrected chi connectivity index (χ3v) is 3.12. The third-order valence-electron chi connectivity index (χ3n) is 3.12. The van der Waals surface area contributed by atoms with Crippen molar-refractivity contribution >= 4 is 17.5 Å². The molecule has 0 aliphatic heterocycles. The standard InChI is InChI=1S/C16H13F3N2O3/c1-21(2)16(24)10-7-9(3-4-11(10)18)20-15(23)14-12(19)5-8(17)6-13(14)22/h3-7,22H,1-2H3,(H,20,23). The highest BCUT2D eigenvalue weighted by molar-refractivity contribution is 6.07. The van der Waals surface area contributed by atoms with Gasteiger partial charge < -0.3 is 15.3 Å². The predicted octanol–water partition coefficient (Wildman–Crippen LogP) is 2.76. The topological polar surface area (TPSA) is 69.6 Å². The van der Waals surface area contributed by atoms with Crippen molar-refractivity contribution in [3.8, 4) is 5.75 Å². The Morgan fingerprint density at radius 2 is 1.71 bits per heavy atom. The minimum atomic E-state index is -1.25. The Hall–Kier alpha value is -3.03. The molecule has 5 nitrogen and oxygen atoms in total. The highest BCUT2D eigenvalue weighted by Crippen LogP contribution is 2.24. The molecule has 0 atom stereocenters. The van der Waals surface area contributed by atoms with Crippen molar-refractivity contribution in [2.24, 2.45) is 0 Å². The fraction of sp³-hybridized carbons (Fsp3) is 0.125. The van der Waals surface area contributed by atoms with Gasteiger partial charge in [-0.15, -0.1) is 0 Å². The van der Waals surface area contributed by atoms with Gasteiger partial charge in [-0.3, -0.25) is 9.59 Å². The number of halogens is 3. The molecule has 0 aromatic heterocycles. The first kappa shape index (κ1) is 17.3. The van der Waals surface area contributed by atoms with E-state index in [1.54, 1.807) is 0 Å². The van der Waals surface area contributed by atoms with Gasteiger partial charge in [-0.1, -0.05) is 0 Å². The predicted molar refractivity (Wildman–Crippen MR) is 80.4 cm³/mol. The van der Waals surface area contributed by atoms with Gasteiger partial charge in [0.2, 0.25) is 0 Å². The van der Waals surface area contributed by atoms with Crippen molar-refractivity contribution in [2.75, 3.05) is 19.4 Å². The monoisotopic (exact) mass is 338 g/mol. The first-order valence-corrected chi connectivity index (χ1v) is 6.71. The van der Waals surface area contributed by atoms with Gasteiger partial charge >= 0.3 is 0 Å². The van der Waals surface area contributed by atoms with Crippen LogP contribution < -0.4 is 5.32 Å². The molecule has 0 heterocycles. The zero-order valence-corrected chi connectivity index (χ0v) is 12.7. The maximum absolute atomic E-state index is 13.7. The molecule has 126 valence electrons. The number of hydrogen-bond donors (Lipinski definition) is 2. The first-order chi connectivity index (χ1) is 11.2. The number of phenolic OH excluding ortho intramolecular Hbond substituents is 1. The van der Waals surface area contributed by atoms with E-state index < -0.39 is 40.6 Å². The Balaban J connectivity index is 2.34. The van der Waals surface area contributed by atoms with Crippen LogP contribution in [-0.4, -0.2) is 35.9 Å². The van der Waals surface area contributed by atoms with Crippen molar-refractivity contribution in [3.05, 3.63) is 58.9 Å². The van der Waals surface area contributed by atoms with E-state index in [9.17, 15) is 27.9 Å². The largest absolute Gasteiger partial charge is 0.507 e. The number of benzene rings is 2. The van der Waals surface area contributed by atoms with Crippen molar-refractivity contribution in [1.29, 1.82) is 0 Å². The Kier molecular flexibility index (Phi) is 4.77. The number of carbonyl (C=O) groups excluding carboxylic acids is 2. The van der Waals surface area contributed by atoms with Crippen LogP contribution in [-0.2, 0) is 0 Å². The van der Waals surface area contributed by atoms with Gasteiger partial charge in [-0.2, -0.15) is 0 Å². The fourth-order valence-corrected chi connectivity index (χ4v) is 1.99. The lowest BCUT2D eigenvalue weighted by molar-refractivity contribution is 0.0822. The van der Waals surface area contributed by atoms with Gasteiger partial charge in [0, 0.05) is 31.9 Å². The minimum absolute atomic E-state index is 0.00900. The molecule has 2 N–H and O–H groups in total. The number of nitrogens with zero attached hydrogens (tertiary/aromatic N) is 1. The molecule has 2 aromatic rings. The van der Waals surface area contributed by atoms with Crippen LogP contribution >= 0.6 is 0 Å². The number of hydrogen-bond acceptors (Lipinski definition) is 3. The summed E-state index contributed by atoms with van der Waals surface area (Å²) in [6.07, 6.45) is 0. The number of anilines is 1. The summed E-state index contributed by atoms with van der Waals surface area (Å²) in [4.78, 5) is 25.0. The normalized spacial score (nSPS) is 10.4. The molecular formula is C16H13F3N2O3. The van der Waals surface area contributed by atoms with E-state index in [1.165, 1.54) is 14.1 Å². The maximum Gasteiger partial charge on any atom is 0.262 e. The molecular weight excluding hydrogens is 325 g/mol. The summed E-state index contributed by atoms with van der Waals surface area (Å²) in [5.41, 5.74) is -1.04. The summed E-state index contributed by atoms with van der Waals surface area (Å²) in [5.74, 6) is -5.66. The van der Waals surface area contributed by atoms with Crippen LogP contribution in [0, 0.1) is 17.5 Å². The van der Waals surface area contributed by atoms with Crippen molar-refractivity contribution in [3.63, 3.8) is 0 Å². The van der Waals surface area contributed by atoms with E-state index in [4.69, 9.17) is 0 Å². The van der Waals surface area contributed by atoms with Crippen LogP contribution in [0.4, 0.5) is 18.9 Å². The smallest absolute Gasteiger partial charge is 0.262 e. The van der Waals surface area contributed by atoms with E-state index in [1.807, 2.05) is 0 Å². The van der Waals surface area contributed by atoms with E-state index in [0.29, 0.717) is 12.1 Å². The minimum Gasteiger partial charge on any atom is -0.507 e. The summed E-state index contributed by atoms with van der Waals surface area (Å²) >= 11 is 0. The first-order valence-electron chi connectivity index (χ1n) is 6.71. The zero-order chi connectivity index (χ0) is 18.0. The lowest BCUT2D eigenvalue weighted by Crippen LogP contribution is -2.23. The molecule has 0 aliphatic rings. The van der Waals surface area contributed by atoms with Crippen LogP contribution in [0.25, 0.3) is 0 Å². The molecule has 0 saturated heterocycles. The van der Waals surface area contributed by atoms with Gasteiger partial charge in [0.1, 0.15) is 28.8 Å². The molecule has 2 rings (SSSR count). The highest BCUT2D eigenvalue weighted by atomic mass is 19.1. The average molecular weight is 338 g/mol. The van der Waals surface area contributed by atoms with Crippen LogP contribution in [0.1, 0.15) is 20.7 Å². The molecule has 2 aromatic carbocycles. The lowest BCUT2D eigenvalue weighted by Gasteiger charge is -2.13. The van der Waals surface area contributed by atoms with E-state index >= 15 is 0 Å². The van der Waals surface area contributed by atoms with E-state index in [0.717, 1.165) is 23.1 Å². The van der Waals surface area contributed by atoms with Crippen LogP contribution in [0.3, 0.4) is 0 Å². The number of aromatic hydroxyl groups is 1. The van der Waals surface area contributed by atoms with E-state index in [2.05, 4.69) is 5.32 Å². The van der Waals surface area contributed by atoms with Gasteiger partial charge in [0.25, 0.3) is 11.8 Å². The average Bonchev–Trinajstić information content (AvgIpc) is 2.47. The second-order valence-corrected chi connectivity index (χ2v) is 5.13. The van der Waals surface area contributed by atoms with Crippen LogP contribution in [0.2, 0.25) is 0 Å². The highest BCUT2D eigenvalue weighted by Gasteiger charge is 2.20. The summed E-state index contributed by atoms with van der Waals surface area (Å²) in [6, 6.07) is 4.24. The summed E-state index contributed by atoms with van der Waals surface area (Å²) in [7, 11) is 2.86. The SMILES string of the molecule is CN(C)C(=O)c1cc(NC(=O)c2c(O)cc(F)cc2F)ccc1F. The number of rotatable bonds is 3. The molecule has 0 radical (unpaired) electrons. The Morgan fingerprint density at radius 3 is 2.29 bits per heavy atom. The second kappa shape index (κ2) is 6.61. The summed E-state index contributed by atoms with van der Waals surface area (Å²) in [6.45, 7) is 0. The molecule has 0 spiro atoms. The molecule has 0 fully saturated rings. The number of nitrogens with one attached hydrogen (secondary N) is 1. The number of phenols is 1. The second-order valence-electron chi connectivity index (χ2n) is 5.13. The van der Waals surface area contributed by atoms with Crippen molar-refractivity contribution < 1.29 is 27.9 Å². The summed E-state index contributed by atoms with van der Waals surface area (Å²) < 4.78 is 40.3. The Labute approximate surface area is 135 Å². The van der Waals surface area contributed by atoms with Gasteiger partial charge in [0.15, 0.2) is 0 Å². The fourth-order valence-electron chi connectivity index (χ4n) is 1.99. The molecule has 0 bridgehead atoms. The quantitative estimate of drug-likeness (QED) is 0.904.